The molecule has 0 aliphatic heterocycles. The van der Waals surface area contributed by atoms with Gasteiger partial charge in [0.1, 0.15) is 11.6 Å². The highest BCUT2D eigenvalue weighted by molar-refractivity contribution is 9.10. The van der Waals surface area contributed by atoms with Gasteiger partial charge in [0.2, 0.25) is 0 Å². The van der Waals surface area contributed by atoms with Crippen LogP contribution in [-0.4, -0.2) is 0 Å². The Kier molecular flexibility index (Phi) is 4.43. The Bertz CT molecular complexity index is 596. The summed E-state index contributed by atoms with van der Waals surface area (Å²) < 4.78 is 27.3. The summed E-state index contributed by atoms with van der Waals surface area (Å²) in [6.45, 7) is 6.58. The van der Waals surface area contributed by atoms with Crippen LogP contribution in [0.25, 0.3) is 0 Å². The number of hydrogen-bond acceptors (Lipinski definition) is 1. The first-order valence-corrected chi connectivity index (χ1v) is 7.13. The first-order valence-electron chi connectivity index (χ1n) is 6.33. The molecule has 0 unspecified atom stereocenters. The quantitative estimate of drug-likeness (QED) is 0.751. The fourth-order valence-corrected chi connectivity index (χ4v) is 2.37. The van der Waals surface area contributed by atoms with Gasteiger partial charge in [-0.1, -0.05) is 12.1 Å². The minimum Gasteiger partial charge on any atom is -0.379 e. The summed E-state index contributed by atoms with van der Waals surface area (Å²) in [7, 11) is 0. The topological polar surface area (TPSA) is 12.0 Å². The molecule has 0 saturated heterocycles. The van der Waals surface area contributed by atoms with E-state index >= 15 is 0 Å². The van der Waals surface area contributed by atoms with Crippen LogP contribution >= 0.6 is 15.9 Å². The van der Waals surface area contributed by atoms with Crippen molar-refractivity contribution in [1.29, 1.82) is 0 Å². The van der Waals surface area contributed by atoms with Gasteiger partial charge in [-0.05, 0) is 65.0 Å². The number of rotatable bonds is 3. The summed E-state index contributed by atoms with van der Waals surface area (Å²) in [5, 5.41) is 2.95. The number of anilines is 1. The fourth-order valence-electron chi connectivity index (χ4n) is 2.06. The van der Waals surface area contributed by atoms with Crippen molar-refractivity contribution in [3.63, 3.8) is 0 Å². The molecule has 1 N–H and O–H groups in total. The lowest BCUT2D eigenvalue weighted by atomic mass is 10.0. The van der Waals surface area contributed by atoms with Gasteiger partial charge in [0, 0.05) is 12.6 Å². The van der Waals surface area contributed by atoms with Crippen LogP contribution in [0, 0.1) is 32.4 Å². The first kappa shape index (κ1) is 15.0. The van der Waals surface area contributed by atoms with Crippen molar-refractivity contribution in [2.24, 2.45) is 0 Å². The third-order valence-corrected chi connectivity index (χ3v) is 4.04. The average Bonchev–Trinajstić information content (AvgIpc) is 2.37. The Morgan fingerprint density at radius 1 is 0.900 bits per heavy atom. The maximum Gasteiger partial charge on any atom is 0.147 e. The van der Waals surface area contributed by atoms with Gasteiger partial charge in [-0.15, -0.1) is 0 Å². The van der Waals surface area contributed by atoms with Gasteiger partial charge in [-0.2, -0.15) is 0 Å². The molecular formula is C16H16BrF2N. The summed E-state index contributed by atoms with van der Waals surface area (Å²) >= 11 is 2.96. The summed E-state index contributed by atoms with van der Waals surface area (Å²) in [5.74, 6) is -0.953. The van der Waals surface area contributed by atoms with Gasteiger partial charge in [0.25, 0.3) is 0 Å². The van der Waals surface area contributed by atoms with Crippen LogP contribution in [-0.2, 0) is 6.54 Å². The van der Waals surface area contributed by atoms with Crippen molar-refractivity contribution < 1.29 is 8.78 Å². The maximum absolute atomic E-state index is 13.7. The SMILES string of the molecule is Cc1cc(C)c(CNc2cc(F)c(Br)cc2F)cc1C. The van der Waals surface area contributed by atoms with Crippen LogP contribution in [0.15, 0.2) is 28.7 Å². The Labute approximate surface area is 126 Å². The van der Waals surface area contributed by atoms with Crippen LogP contribution in [0.1, 0.15) is 22.3 Å². The molecule has 2 rings (SSSR count). The van der Waals surface area contributed by atoms with Gasteiger partial charge in [0.15, 0.2) is 0 Å². The standard InChI is InChI=1S/C16H16BrF2N/c1-9-4-11(3)12(5-10(9)2)8-20-16-7-14(18)13(17)6-15(16)19/h4-7,20H,8H2,1-3H3. The molecule has 106 valence electrons. The van der Waals surface area contributed by atoms with Crippen LogP contribution in [0.4, 0.5) is 14.5 Å². The molecule has 1 nitrogen and oxygen atoms in total. The van der Waals surface area contributed by atoms with Crippen molar-refractivity contribution in [3.05, 3.63) is 62.6 Å². The highest BCUT2D eigenvalue weighted by Crippen LogP contribution is 2.24. The summed E-state index contributed by atoms with van der Waals surface area (Å²) in [6, 6.07) is 6.47. The van der Waals surface area contributed by atoms with E-state index in [1.54, 1.807) is 0 Å². The molecular weight excluding hydrogens is 324 g/mol. The van der Waals surface area contributed by atoms with Crippen LogP contribution in [0.2, 0.25) is 0 Å². The lowest BCUT2D eigenvalue weighted by Gasteiger charge is -2.13. The molecule has 0 spiro atoms. The minimum absolute atomic E-state index is 0.128. The molecule has 0 heterocycles. The molecule has 20 heavy (non-hydrogen) atoms. The third-order valence-electron chi connectivity index (χ3n) is 3.43. The van der Waals surface area contributed by atoms with E-state index in [1.807, 2.05) is 13.8 Å². The molecule has 2 aromatic carbocycles. The van der Waals surface area contributed by atoms with E-state index in [1.165, 1.54) is 11.1 Å². The van der Waals surface area contributed by atoms with Crippen molar-refractivity contribution in [1.82, 2.24) is 0 Å². The molecule has 0 bridgehead atoms. The van der Waals surface area contributed by atoms with Gasteiger partial charge in [-0.25, -0.2) is 8.78 Å². The van der Waals surface area contributed by atoms with Crippen molar-refractivity contribution in [2.75, 3.05) is 5.32 Å². The zero-order chi connectivity index (χ0) is 14.9. The number of aryl methyl sites for hydroxylation is 3. The minimum atomic E-state index is -0.481. The van der Waals surface area contributed by atoms with E-state index in [0.29, 0.717) is 6.54 Å². The highest BCUT2D eigenvalue weighted by Gasteiger charge is 2.09. The predicted molar refractivity (Wildman–Crippen MR) is 82.0 cm³/mol. The third kappa shape index (κ3) is 3.18. The molecule has 0 saturated carbocycles. The normalized spacial score (nSPS) is 10.7. The highest BCUT2D eigenvalue weighted by atomic mass is 79.9. The largest absolute Gasteiger partial charge is 0.379 e. The van der Waals surface area contributed by atoms with Gasteiger partial charge in [-0.3, -0.25) is 0 Å². The number of benzene rings is 2. The monoisotopic (exact) mass is 339 g/mol. The number of hydrogen-bond donors (Lipinski definition) is 1. The molecule has 2 aromatic rings. The van der Waals surface area contributed by atoms with Crippen LogP contribution in [0.3, 0.4) is 0 Å². The average molecular weight is 340 g/mol. The lowest BCUT2D eigenvalue weighted by Crippen LogP contribution is -2.04. The second kappa shape index (κ2) is 5.92. The lowest BCUT2D eigenvalue weighted by molar-refractivity contribution is 0.596. The fraction of sp³-hybridized carbons (Fsp3) is 0.250. The molecule has 0 aliphatic rings. The summed E-state index contributed by atoms with van der Waals surface area (Å²) in [4.78, 5) is 0. The van der Waals surface area contributed by atoms with Gasteiger partial charge < -0.3 is 5.32 Å². The number of halogens is 3. The number of nitrogens with one attached hydrogen (secondary N) is 1. The summed E-state index contributed by atoms with van der Waals surface area (Å²) in [6.07, 6.45) is 0. The maximum atomic E-state index is 13.7. The zero-order valence-corrected chi connectivity index (χ0v) is 13.2. The molecule has 0 atom stereocenters. The van der Waals surface area contributed by atoms with Crippen molar-refractivity contribution in [2.45, 2.75) is 27.3 Å². The Morgan fingerprint density at radius 2 is 1.55 bits per heavy atom. The van der Waals surface area contributed by atoms with E-state index in [2.05, 4.69) is 40.3 Å². The Morgan fingerprint density at radius 3 is 2.25 bits per heavy atom. The Hall–Kier alpha value is -1.42. The first-order chi connectivity index (χ1) is 9.38. The second-order valence-corrected chi connectivity index (χ2v) is 5.82. The van der Waals surface area contributed by atoms with Crippen molar-refractivity contribution >= 4 is 21.6 Å². The molecule has 0 fully saturated rings. The van der Waals surface area contributed by atoms with Gasteiger partial charge >= 0.3 is 0 Å². The molecule has 0 radical (unpaired) electrons. The second-order valence-electron chi connectivity index (χ2n) is 4.96. The Balaban J connectivity index is 2.21. The van der Waals surface area contributed by atoms with E-state index in [9.17, 15) is 8.78 Å². The molecule has 0 aromatic heterocycles. The van der Waals surface area contributed by atoms with E-state index in [0.717, 1.165) is 23.3 Å². The zero-order valence-electron chi connectivity index (χ0n) is 11.7. The van der Waals surface area contributed by atoms with Gasteiger partial charge in [0.05, 0.1) is 10.2 Å². The smallest absolute Gasteiger partial charge is 0.147 e. The van der Waals surface area contributed by atoms with Crippen LogP contribution < -0.4 is 5.32 Å². The predicted octanol–water partition coefficient (Wildman–Crippen LogP) is 5.26. The van der Waals surface area contributed by atoms with E-state index in [-0.39, 0.29) is 10.2 Å². The molecule has 4 heteroatoms. The van der Waals surface area contributed by atoms with Crippen LogP contribution in [0.5, 0.6) is 0 Å². The van der Waals surface area contributed by atoms with E-state index in [4.69, 9.17) is 0 Å². The molecule has 0 amide bonds. The van der Waals surface area contributed by atoms with E-state index < -0.39 is 11.6 Å². The van der Waals surface area contributed by atoms with Crippen molar-refractivity contribution in [3.8, 4) is 0 Å². The molecule has 0 aliphatic carbocycles. The summed E-state index contributed by atoms with van der Waals surface area (Å²) in [5.41, 5.74) is 4.81.